The molecular formula is C18H18ClNO7. The maximum atomic E-state index is 12.3. The fourth-order valence-corrected chi connectivity index (χ4v) is 2.41. The van der Waals surface area contributed by atoms with Gasteiger partial charge in [0.15, 0.2) is 11.5 Å². The number of hydrogen-bond acceptors (Lipinski definition) is 7. The molecule has 144 valence electrons. The third kappa shape index (κ3) is 5.24. The largest absolute Gasteiger partial charge is 0.493 e. The number of ether oxygens (including phenoxy) is 4. The molecular weight excluding hydrogens is 378 g/mol. The fraction of sp³-hybridized carbons (Fsp3) is 0.278. The number of halogens is 1. The van der Waals surface area contributed by atoms with Gasteiger partial charge in [-0.3, -0.25) is 10.1 Å². The molecule has 0 N–H and O–H groups in total. The molecule has 8 nitrogen and oxygen atoms in total. The van der Waals surface area contributed by atoms with Crippen molar-refractivity contribution in [3.8, 4) is 17.2 Å². The van der Waals surface area contributed by atoms with E-state index in [0.29, 0.717) is 10.8 Å². The summed E-state index contributed by atoms with van der Waals surface area (Å²) in [7, 11) is 1.37. The Morgan fingerprint density at radius 1 is 1.11 bits per heavy atom. The number of esters is 1. The minimum Gasteiger partial charge on any atom is -0.493 e. The Morgan fingerprint density at radius 3 is 2.48 bits per heavy atom. The lowest BCUT2D eigenvalue weighted by Gasteiger charge is -2.12. The van der Waals surface area contributed by atoms with Crippen LogP contribution in [0.4, 0.5) is 5.69 Å². The van der Waals surface area contributed by atoms with E-state index in [0.717, 1.165) is 6.07 Å². The molecule has 0 saturated heterocycles. The molecule has 2 aromatic rings. The van der Waals surface area contributed by atoms with Crippen molar-refractivity contribution in [2.24, 2.45) is 0 Å². The van der Waals surface area contributed by atoms with Gasteiger partial charge in [0.05, 0.1) is 29.7 Å². The van der Waals surface area contributed by atoms with E-state index in [1.165, 1.54) is 13.2 Å². The highest BCUT2D eigenvalue weighted by molar-refractivity contribution is 6.32. The third-order valence-electron chi connectivity index (χ3n) is 3.41. The van der Waals surface area contributed by atoms with E-state index < -0.39 is 16.6 Å². The summed E-state index contributed by atoms with van der Waals surface area (Å²) >= 11 is 5.96. The molecule has 0 aliphatic heterocycles. The maximum absolute atomic E-state index is 12.3. The van der Waals surface area contributed by atoms with Gasteiger partial charge >= 0.3 is 5.97 Å². The van der Waals surface area contributed by atoms with Gasteiger partial charge in [0.1, 0.15) is 24.5 Å². The summed E-state index contributed by atoms with van der Waals surface area (Å²) in [5.41, 5.74) is -0.672. The average Bonchev–Trinajstić information content (AvgIpc) is 2.66. The van der Waals surface area contributed by atoms with Gasteiger partial charge in [0, 0.05) is 6.07 Å². The Morgan fingerprint density at radius 2 is 1.85 bits per heavy atom. The number of rotatable bonds is 9. The Kier molecular flexibility index (Phi) is 7.25. The molecule has 0 fully saturated rings. The van der Waals surface area contributed by atoms with E-state index in [4.69, 9.17) is 30.5 Å². The number of carbonyl (C=O) groups is 1. The second-order valence-corrected chi connectivity index (χ2v) is 5.53. The van der Waals surface area contributed by atoms with Crippen LogP contribution in [0, 0.1) is 10.1 Å². The minimum atomic E-state index is -0.870. The third-order valence-corrected chi connectivity index (χ3v) is 3.72. The Bertz CT molecular complexity index is 825. The minimum absolute atomic E-state index is 0.0391. The molecule has 0 heterocycles. The lowest BCUT2D eigenvalue weighted by molar-refractivity contribution is -0.385. The van der Waals surface area contributed by atoms with Crippen LogP contribution in [0.3, 0.4) is 0 Å². The summed E-state index contributed by atoms with van der Waals surface area (Å²) in [4.78, 5) is 22.9. The zero-order valence-electron chi connectivity index (χ0n) is 14.8. The average molecular weight is 396 g/mol. The first-order valence-corrected chi connectivity index (χ1v) is 8.39. The highest BCUT2D eigenvalue weighted by atomic mass is 35.5. The lowest BCUT2D eigenvalue weighted by Crippen LogP contribution is -2.14. The smallest absolute Gasteiger partial charge is 0.345 e. The van der Waals surface area contributed by atoms with Gasteiger partial charge in [-0.05, 0) is 19.1 Å². The van der Waals surface area contributed by atoms with Gasteiger partial charge < -0.3 is 18.9 Å². The van der Waals surface area contributed by atoms with Crippen LogP contribution >= 0.6 is 11.6 Å². The van der Waals surface area contributed by atoms with Crippen LogP contribution in [0.15, 0.2) is 36.4 Å². The van der Waals surface area contributed by atoms with Crippen molar-refractivity contribution >= 4 is 23.3 Å². The highest BCUT2D eigenvalue weighted by Gasteiger charge is 2.25. The van der Waals surface area contributed by atoms with Gasteiger partial charge in [-0.15, -0.1) is 0 Å². The van der Waals surface area contributed by atoms with Crippen molar-refractivity contribution < 1.29 is 28.7 Å². The first kappa shape index (κ1) is 20.3. The first-order chi connectivity index (χ1) is 13.0. The number of benzene rings is 2. The fourth-order valence-electron chi connectivity index (χ4n) is 2.22. The molecule has 0 radical (unpaired) electrons. The number of hydrogen-bond donors (Lipinski definition) is 0. The molecule has 0 bridgehead atoms. The predicted octanol–water partition coefficient (Wildman–Crippen LogP) is 3.89. The summed E-state index contributed by atoms with van der Waals surface area (Å²) in [6.07, 6.45) is 0. The Balaban J connectivity index is 2.08. The number of nitrogens with zero attached hydrogens (tertiary/aromatic N) is 1. The quantitative estimate of drug-likeness (QED) is 0.275. The topological polar surface area (TPSA) is 97.1 Å². The number of para-hydroxylation sites is 1. The van der Waals surface area contributed by atoms with Crippen molar-refractivity contribution in [3.05, 3.63) is 57.1 Å². The maximum Gasteiger partial charge on any atom is 0.345 e. The molecule has 2 rings (SSSR count). The number of methoxy groups -OCH3 is 1. The SMILES string of the molecule is CCOc1cc([N+](=O)[O-])c(C(=O)OCCOc2ccccc2Cl)cc1OC. The molecule has 0 atom stereocenters. The summed E-state index contributed by atoms with van der Waals surface area (Å²) in [6.45, 7) is 1.94. The van der Waals surface area contributed by atoms with E-state index in [9.17, 15) is 14.9 Å². The summed E-state index contributed by atoms with van der Waals surface area (Å²) in [5, 5.41) is 11.7. The molecule has 0 amide bonds. The number of carbonyl (C=O) groups excluding carboxylic acids is 1. The van der Waals surface area contributed by atoms with E-state index in [1.54, 1.807) is 31.2 Å². The molecule has 2 aromatic carbocycles. The number of nitro benzene ring substituents is 1. The van der Waals surface area contributed by atoms with Crippen molar-refractivity contribution in [1.29, 1.82) is 0 Å². The van der Waals surface area contributed by atoms with Crippen LogP contribution in [0.2, 0.25) is 5.02 Å². The van der Waals surface area contributed by atoms with E-state index in [-0.39, 0.29) is 36.9 Å². The van der Waals surface area contributed by atoms with E-state index in [1.807, 2.05) is 0 Å². The Hall–Kier alpha value is -3.00. The molecule has 9 heteroatoms. The Labute approximate surface area is 160 Å². The van der Waals surface area contributed by atoms with Gasteiger partial charge in [-0.2, -0.15) is 0 Å². The zero-order valence-corrected chi connectivity index (χ0v) is 15.5. The van der Waals surface area contributed by atoms with Crippen molar-refractivity contribution in [3.63, 3.8) is 0 Å². The predicted molar refractivity (Wildman–Crippen MR) is 98.0 cm³/mol. The first-order valence-electron chi connectivity index (χ1n) is 8.01. The monoisotopic (exact) mass is 395 g/mol. The van der Waals surface area contributed by atoms with Crippen LogP contribution in [-0.2, 0) is 4.74 Å². The lowest BCUT2D eigenvalue weighted by atomic mass is 10.1. The molecule has 0 aliphatic carbocycles. The van der Waals surface area contributed by atoms with Crippen LogP contribution in [0.5, 0.6) is 17.2 Å². The van der Waals surface area contributed by atoms with E-state index >= 15 is 0 Å². The van der Waals surface area contributed by atoms with Crippen molar-refractivity contribution in [1.82, 2.24) is 0 Å². The van der Waals surface area contributed by atoms with Crippen molar-refractivity contribution in [2.75, 3.05) is 26.9 Å². The molecule has 0 spiro atoms. The van der Waals surface area contributed by atoms with Crippen LogP contribution in [0.1, 0.15) is 17.3 Å². The summed E-state index contributed by atoms with van der Waals surface area (Å²) < 4.78 is 20.9. The van der Waals surface area contributed by atoms with Gasteiger partial charge in [0.25, 0.3) is 5.69 Å². The molecule has 0 aromatic heterocycles. The molecule has 27 heavy (non-hydrogen) atoms. The van der Waals surface area contributed by atoms with Crippen LogP contribution < -0.4 is 14.2 Å². The van der Waals surface area contributed by atoms with Gasteiger partial charge in [-0.25, -0.2) is 4.79 Å². The second-order valence-electron chi connectivity index (χ2n) is 5.13. The summed E-state index contributed by atoms with van der Waals surface area (Å²) in [6, 6.07) is 9.21. The van der Waals surface area contributed by atoms with Crippen LogP contribution in [0.25, 0.3) is 0 Å². The standard InChI is InChI=1S/C18H18ClNO7/c1-3-25-17-11-14(20(22)23)12(10-16(17)24-2)18(21)27-9-8-26-15-7-5-4-6-13(15)19/h4-7,10-11H,3,8-9H2,1-2H3. The highest BCUT2D eigenvalue weighted by Crippen LogP contribution is 2.35. The normalized spacial score (nSPS) is 10.2. The zero-order chi connectivity index (χ0) is 19.8. The molecule has 0 saturated carbocycles. The van der Waals surface area contributed by atoms with Gasteiger partial charge in [0.2, 0.25) is 0 Å². The van der Waals surface area contributed by atoms with E-state index in [2.05, 4.69) is 0 Å². The van der Waals surface area contributed by atoms with Crippen LogP contribution in [-0.4, -0.2) is 37.8 Å². The summed E-state index contributed by atoms with van der Waals surface area (Å²) in [5.74, 6) is -0.0539. The number of nitro groups is 1. The molecule has 0 unspecified atom stereocenters. The second kappa shape index (κ2) is 9.63. The molecule has 0 aliphatic rings. The van der Waals surface area contributed by atoms with Crippen molar-refractivity contribution in [2.45, 2.75) is 6.92 Å². The van der Waals surface area contributed by atoms with Gasteiger partial charge in [-0.1, -0.05) is 23.7 Å².